The van der Waals surface area contributed by atoms with Crippen molar-refractivity contribution in [3.8, 4) is 6.07 Å². The van der Waals surface area contributed by atoms with Crippen LogP contribution in [0.2, 0.25) is 0 Å². The van der Waals surface area contributed by atoms with Gasteiger partial charge in [0.15, 0.2) is 11.5 Å². The van der Waals surface area contributed by atoms with Crippen LogP contribution in [0.3, 0.4) is 0 Å². The van der Waals surface area contributed by atoms with Gasteiger partial charge in [-0.05, 0) is 18.1 Å². The predicted octanol–water partition coefficient (Wildman–Crippen LogP) is 5.81. The summed E-state index contributed by atoms with van der Waals surface area (Å²) in [7, 11) is 0. The molecular weight excluding hydrogens is 416 g/mol. The van der Waals surface area contributed by atoms with Crippen LogP contribution in [0, 0.1) is 11.3 Å². The number of rotatable bonds is 8. The van der Waals surface area contributed by atoms with E-state index in [4.69, 9.17) is 9.26 Å². The maximum Gasteiger partial charge on any atom is 0.361 e. The molecule has 3 aromatic rings. The van der Waals surface area contributed by atoms with Gasteiger partial charge in [0.05, 0.1) is 24.2 Å². The molecule has 0 fully saturated rings. The van der Waals surface area contributed by atoms with Crippen molar-refractivity contribution in [3.63, 3.8) is 0 Å². The molecule has 3 rings (SSSR count). The van der Waals surface area contributed by atoms with E-state index in [1.807, 2.05) is 81.4 Å². The summed E-state index contributed by atoms with van der Waals surface area (Å²) >= 11 is 0. The Balaban J connectivity index is 2.08. The maximum absolute atomic E-state index is 13.7. The summed E-state index contributed by atoms with van der Waals surface area (Å²) in [5.74, 6) is -1.66. The predicted molar refractivity (Wildman–Crippen MR) is 124 cm³/mol. The van der Waals surface area contributed by atoms with Gasteiger partial charge in [0.2, 0.25) is 5.69 Å². The molecule has 170 valence electrons. The van der Waals surface area contributed by atoms with Gasteiger partial charge in [-0.2, -0.15) is 5.26 Å². The van der Waals surface area contributed by atoms with Crippen LogP contribution in [-0.4, -0.2) is 23.5 Å². The molecule has 0 aliphatic rings. The van der Waals surface area contributed by atoms with E-state index >= 15 is 0 Å². The van der Waals surface area contributed by atoms with Crippen molar-refractivity contribution in [2.75, 3.05) is 6.61 Å². The fraction of sp³-hybridized carbons (Fsp3) is 0.333. The van der Waals surface area contributed by atoms with Crippen molar-refractivity contribution in [2.45, 2.75) is 51.4 Å². The second kappa shape index (κ2) is 10.3. The molecule has 2 aromatic carbocycles. The van der Waals surface area contributed by atoms with Gasteiger partial charge in [0.25, 0.3) is 0 Å². The maximum atomic E-state index is 13.7. The van der Waals surface area contributed by atoms with Gasteiger partial charge in [-0.3, -0.25) is 4.79 Å². The first kappa shape index (κ1) is 23.9. The zero-order valence-electron chi connectivity index (χ0n) is 19.4. The molecule has 0 unspecified atom stereocenters. The van der Waals surface area contributed by atoms with E-state index in [1.54, 1.807) is 6.92 Å². The van der Waals surface area contributed by atoms with Crippen LogP contribution >= 0.6 is 0 Å². The van der Waals surface area contributed by atoms with E-state index in [1.165, 1.54) is 0 Å². The highest BCUT2D eigenvalue weighted by Gasteiger charge is 2.36. The zero-order chi connectivity index (χ0) is 24.0. The van der Waals surface area contributed by atoms with Gasteiger partial charge < -0.3 is 9.26 Å². The summed E-state index contributed by atoms with van der Waals surface area (Å²) in [6, 6.07) is 21.3. The van der Waals surface area contributed by atoms with Crippen LogP contribution in [-0.2, 0) is 10.2 Å². The smallest absolute Gasteiger partial charge is 0.361 e. The number of nitriles is 1. The average Bonchev–Trinajstić information content (AvgIpc) is 3.27. The molecule has 1 aromatic heterocycles. The summed E-state index contributed by atoms with van der Waals surface area (Å²) in [6.07, 6.45) is 0.00777. The Kier molecular flexibility index (Phi) is 7.44. The number of carbonyl (C=O) groups is 2. The van der Waals surface area contributed by atoms with Gasteiger partial charge in [-0.15, -0.1) is 0 Å². The number of hydrogen-bond acceptors (Lipinski definition) is 6. The molecule has 0 spiro atoms. The van der Waals surface area contributed by atoms with E-state index in [2.05, 4.69) is 11.2 Å². The minimum absolute atomic E-state index is 0.00777. The normalized spacial score (nSPS) is 13.1. The van der Waals surface area contributed by atoms with Crippen molar-refractivity contribution < 1.29 is 18.8 Å². The highest BCUT2D eigenvalue weighted by Crippen LogP contribution is 2.38. The number of ketones is 1. The first-order valence-electron chi connectivity index (χ1n) is 11.0. The molecule has 0 saturated carbocycles. The van der Waals surface area contributed by atoms with Crippen LogP contribution in [0.1, 0.15) is 83.7 Å². The lowest BCUT2D eigenvalue weighted by molar-refractivity contribution is 0.0511. The average molecular weight is 445 g/mol. The first-order chi connectivity index (χ1) is 15.8. The second-order valence-corrected chi connectivity index (χ2v) is 8.87. The van der Waals surface area contributed by atoms with E-state index in [9.17, 15) is 14.9 Å². The minimum Gasteiger partial charge on any atom is -0.461 e. The molecule has 0 amide bonds. The zero-order valence-corrected chi connectivity index (χ0v) is 19.4. The number of esters is 1. The summed E-state index contributed by atoms with van der Waals surface area (Å²) in [6.45, 7) is 7.50. The third kappa shape index (κ3) is 5.38. The largest absolute Gasteiger partial charge is 0.461 e. The Labute approximate surface area is 194 Å². The molecule has 6 nitrogen and oxygen atoms in total. The highest BCUT2D eigenvalue weighted by atomic mass is 16.5. The highest BCUT2D eigenvalue weighted by molar-refractivity contribution is 6.06. The Hall–Kier alpha value is -3.72. The Morgan fingerprint density at radius 1 is 1.03 bits per heavy atom. The van der Waals surface area contributed by atoms with Gasteiger partial charge in [0, 0.05) is 17.8 Å². The van der Waals surface area contributed by atoms with Crippen LogP contribution < -0.4 is 0 Å². The van der Waals surface area contributed by atoms with Crippen molar-refractivity contribution >= 4 is 11.8 Å². The molecule has 0 bridgehead atoms. The molecule has 1 heterocycles. The van der Waals surface area contributed by atoms with E-state index in [-0.39, 0.29) is 30.1 Å². The van der Waals surface area contributed by atoms with E-state index in [0.29, 0.717) is 5.76 Å². The number of Topliss-reactive ketones (excluding diaryl/α,β-unsaturated/α-hetero) is 1. The van der Waals surface area contributed by atoms with Gasteiger partial charge >= 0.3 is 5.97 Å². The SMILES string of the molecule is CCOC(=O)c1noc(C(C)(C)C)c1C(=O)C[C@H](c1ccccc1)[C@H](C#N)c1ccccc1. The van der Waals surface area contributed by atoms with Crippen LogP contribution in [0.15, 0.2) is 65.2 Å². The fourth-order valence-corrected chi connectivity index (χ4v) is 3.89. The van der Waals surface area contributed by atoms with E-state index < -0.39 is 23.2 Å². The molecule has 2 atom stereocenters. The Morgan fingerprint density at radius 2 is 1.61 bits per heavy atom. The van der Waals surface area contributed by atoms with Crippen molar-refractivity contribution in [1.82, 2.24) is 5.16 Å². The van der Waals surface area contributed by atoms with Gasteiger partial charge in [-0.25, -0.2) is 4.79 Å². The van der Waals surface area contributed by atoms with Crippen LogP contribution in [0.4, 0.5) is 0 Å². The second-order valence-electron chi connectivity index (χ2n) is 8.87. The molecule has 0 aliphatic carbocycles. The number of hydrogen-bond donors (Lipinski definition) is 0. The number of benzene rings is 2. The fourth-order valence-electron chi connectivity index (χ4n) is 3.89. The topological polar surface area (TPSA) is 93.2 Å². The Bertz CT molecular complexity index is 1140. The molecule has 0 saturated heterocycles. The van der Waals surface area contributed by atoms with Crippen molar-refractivity contribution in [2.24, 2.45) is 0 Å². The van der Waals surface area contributed by atoms with Gasteiger partial charge in [0.1, 0.15) is 0 Å². The molecular formula is C27H28N2O4. The molecule has 33 heavy (non-hydrogen) atoms. The lowest BCUT2D eigenvalue weighted by Crippen LogP contribution is -2.21. The summed E-state index contributed by atoms with van der Waals surface area (Å²) in [5.41, 5.74) is 1.15. The monoisotopic (exact) mass is 444 g/mol. The third-order valence-electron chi connectivity index (χ3n) is 5.45. The lowest BCUT2D eigenvalue weighted by Gasteiger charge is -2.23. The molecule has 0 radical (unpaired) electrons. The third-order valence-corrected chi connectivity index (χ3v) is 5.45. The summed E-state index contributed by atoms with van der Waals surface area (Å²) in [5, 5.41) is 14.0. The van der Waals surface area contributed by atoms with Crippen LogP contribution in [0.5, 0.6) is 0 Å². The quantitative estimate of drug-likeness (QED) is 0.321. The number of ether oxygens (including phenoxy) is 1. The Morgan fingerprint density at radius 3 is 2.12 bits per heavy atom. The molecule has 0 N–H and O–H groups in total. The summed E-state index contributed by atoms with van der Waals surface area (Å²) < 4.78 is 10.6. The van der Waals surface area contributed by atoms with Gasteiger partial charge in [-0.1, -0.05) is 86.6 Å². The number of carbonyl (C=O) groups excluding carboxylic acids is 2. The van der Waals surface area contributed by atoms with Crippen molar-refractivity contribution in [1.29, 1.82) is 5.26 Å². The number of nitrogens with zero attached hydrogens (tertiary/aromatic N) is 2. The van der Waals surface area contributed by atoms with E-state index in [0.717, 1.165) is 11.1 Å². The van der Waals surface area contributed by atoms with Crippen LogP contribution in [0.25, 0.3) is 0 Å². The standard InChI is InChI=1S/C27H28N2O4/c1-5-32-26(31)24-23(25(33-29-24)27(2,3)4)22(30)16-20(18-12-8-6-9-13-18)21(17-28)19-14-10-7-11-15-19/h6-15,20-21H,5,16H2,1-4H3/t20-,21-/m1/s1. The number of aromatic nitrogens is 1. The van der Waals surface area contributed by atoms with Crippen molar-refractivity contribution in [3.05, 3.63) is 88.8 Å². The molecule has 6 heteroatoms. The first-order valence-corrected chi connectivity index (χ1v) is 11.0. The minimum atomic E-state index is -0.698. The lowest BCUT2D eigenvalue weighted by atomic mass is 9.77. The molecule has 0 aliphatic heterocycles. The summed E-state index contributed by atoms with van der Waals surface area (Å²) in [4.78, 5) is 26.2.